The van der Waals surface area contributed by atoms with Gasteiger partial charge in [-0.1, -0.05) is 39.0 Å². The lowest BCUT2D eigenvalue weighted by atomic mass is 9.92. The minimum absolute atomic E-state index is 0.136. The van der Waals surface area contributed by atoms with Gasteiger partial charge in [0.15, 0.2) is 5.82 Å². The number of amides is 1. The van der Waals surface area contributed by atoms with Gasteiger partial charge in [0.2, 0.25) is 5.91 Å². The van der Waals surface area contributed by atoms with Crippen LogP contribution in [-0.2, 0) is 16.6 Å². The molecule has 152 valence electrons. The molecule has 1 aromatic carbocycles. The van der Waals surface area contributed by atoms with E-state index >= 15 is 0 Å². The van der Waals surface area contributed by atoms with Gasteiger partial charge in [0.1, 0.15) is 12.1 Å². The van der Waals surface area contributed by atoms with E-state index in [0.717, 1.165) is 16.9 Å². The third-order valence-electron chi connectivity index (χ3n) is 4.53. The van der Waals surface area contributed by atoms with Crippen molar-refractivity contribution in [3.05, 3.63) is 72.3 Å². The molecule has 4 rings (SSSR count). The van der Waals surface area contributed by atoms with Crippen LogP contribution in [0, 0.1) is 0 Å². The van der Waals surface area contributed by atoms with Crippen LogP contribution in [0.1, 0.15) is 32.0 Å². The molecule has 0 aliphatic carbocycles. The molecule has 0 spiro atoms. The summed E-state index contributed by atoms with van der Waals surface area (Å²) in [7, 11) is 0. The van der Waals surface area contributed by atoms with Crippen molar-refractivity contribution in [1.82, 2.24) is 35.0 Å². The van der Waals surface area contributed by atoms with Crippen LogP contribution in [0.15, 0.2) is 61.1 Å². The second-order valence-corrected chi connectivity index (χ2v) is 7.91. The fraction of sp³-hybridized carbons (Fsp3) is 0.238. The van der Waals surface area contributed by atoms with E-state index in [1.165, 1.54) is 6.33 Å². The molecule has 0 saturated heterocycles. The molecule has 4 aromatic rings. The van der Waals surface area contributed by atoms with Crippen LogP contribution in [0.4, 0.5) is 5.82 Å². The summed E-state index contributed by atoms with van der Waals surface area (Å²) in [4.78, 5) is 17.1. The van der Waals surface area contributed by atoms with Crippen LogP contribution >= 0.6 is 0 Å². The Bertz CT molecular complexity index is 1130. The highest BCUT2D eigenvalue weighted by molar-refractivity contribution is 5.91. The Balaban J connectivity index is 1.53. The van der Waals surface area contributed by atoms with E-state index in [9.17, 15) is 4.79 Å². The van der Waals surface area contributed by atoms with Gasteiger partial charge in [-0.3, -0.25) is 4.79 Å². The van der Waals surface area contributed by atoms with E-state index in [-0.39, 0.29) is 17.7 Å². The van der Waals surface area contributed by atoms with Gasteiger partial charge in [-0.15, -0.1) is 5.10 Å². The SMILES string of the molecule is CC(C)(C)c1cc(NC(=O)Cc2ccc(-n3cnnn3)cc2)n(-c2ccccn2)n1. The molecular weight excluding hydrogens is 380 g/mol. The highest BCUT2D eigenvalue weighted by Gasteiger charge is 2.22. The molecule has 1 N–H and O–H groups in total. The topological polar surface area (TPSA) is 103 Å². The fourth-order valence-corrected chi connectivity index (χ4v) is 2.91. The zero-order chi connectivity index (χ0) is 21.1. The number of benzene rings is 1. The third kappa shape index (κ3) is 4.24. The lowest BCUT2D eigenvalue weighted by molar-refractivity contribution is -0.115. The summed E-state index contributed by atoms with van der Waals surface area (Å²) in [5.41, 5.74) is 2.41. The number of tetrazole rings is 1. The van der Waals surface area contributed by atoms with E-state index in [2.05, 4.69) is 51.7 Å². The van der Waals surface area contributed by atoms with E-state index < -0.39 is 0 Å². The normalized spacial score (nSPS) is 11.4. The summed E-state index contributed by atoms with van der Waals surface area (Å²) in [6, 6.07) is 15.0. The summed E-state index contributed by atoms with van der Waals surface area (Å²) in [5.74, 6) is 1.10. The van der Waals surface area contributed by atoms with Crippen molar-refractivity contribution in [2.75, 3.05) is 5.32 Å². The third-order valence-corrected chi connectivity index (χ3v) is 4.53. The van der Waals surface area contributed by atoms with Crippen LogP contribution in [0.3, 0.4) is 0 Å². The minimum Gasteiger partial charge on any atom is -0.310 e. The van der Waals surface area contributed by atoms with Crippen molar-refractivity contribution < 1.29 is 4.79 Å². The first-order valence-electron chi connectivity index (χ1n) is 9.54. The van der Waals surface area contributed by atoms with Gasteiger partial charge in [0.05, 0.1) is 17.8 Å². The van der Waals surface area contributed by atoms with Crippen molar-refractivity contribution in [3.63, 3.8) is 0 Å². The fourth-order valence-electron chi connectivity index (χ4n) is 2.91. The Morgan fingerprint density at radius 2 is 1.90 bits per heavy atom. The van der Waals surface area contributed by atoms with Gasteiger partial charge in [0.25, 0.3) is 0 Å². The maximum absolute atomic E-state index is 12.7. The minimum atomic E-state index is -0.161. The smallest absolute Gasteiger partial charge is 0.229 e. The standard InChI is InChI=1S/C21H22N8O/c1-21(2,3)17-13-19(29(25-17)18-6-4-5-11-22-18)24-20(30)12-15-7-9-16(10-8-15)28-14-23-26-27-28/h4-11,13-14H,12H2,1-3H3,(H,24,30). The molecule has 9 heteroatoms. The second kappa shape index (κ2) is 7.86. The van der Waals surface area contributed by atoms with E-state index in [1.807, 2.05) is 48.5 Å². The maximum Gasteiger partial charge on any atom is 0.229 e. The van der Waals surface area contributed by atoms with E-state index in [4.69, 9.17) is 0 Å². The molecule has 0 saturated carbocycles. The van der Waals surface area contributed by atoms with Gasteiger partial charge in [0, 0.05) is 17.7 Å². The number of nitrogens with zero attached hydrogens (tertiary/aromatic N) is 7. The molecule has 1 amide bonds. The van der Waals surface area contributed by atoms with E-state index in [1.54, 1.807) is 15.6 Å². The molecule has 3 heterocycles. The molecule has 30 heavy (non-hydrogen) atoms. The molecule has 0 bridgehead atoms. The number of nitrogens with one attached hydrogen (secondary N) is 1. The van der Waals surface area contributed by atoms with Gasteiger partial charge in [-0.25, -0.2) is 9.67 Å². The molecule has 0 aliphatic rings. The zero-order valence-electron chi connectivity index (χ0n) is 17.0. The van der Waals surface area contributed by atoms with Crippen LogP contribution in [-0.4, -0.2) is 40.9 Å². The molecule has 0 aliphatic heterocycles. The first-order valence-corrected chi connectivity index (χ1v) is 9.54. The number of carbonyl (C=O) groups excluding carboxylic acids is 1. The van der Waals surface area contributed by atoms with E-state index in [0.29, 0.717) is 11.6 Å². The summed E-state index contributed by atoms with van der Waals surface area (Å²) in [5, 5.41) is 18.7. The summed E-state index contributed by atoms with van der Waals surface area (Å²) < 4.78 is 3.22. The lowest BCUT2D eigenvalue weighted by Crippen LogP contribution is -2.17. The van der Waals surface area contributed by atoms with Gasteiger partial charge < -0.3 is 5.32 Å². The van der Waals surface area contributed by atoms with Crippen molar-refractivity contribution in [3.8, 4) is 11.5 Å². The Labute approximate surface area is 173 Å². The Morgan fingerprint density at radius 3 is 2.53 bits per heavy atom. The number of pyridine rings is 1. The van der Waals surface area contributed by atoms with Crippen molar-refractivity contribution in [1.29, 1.82) is 0 Å². The monoisotopic (exact) mass is 402 g/mol. The first kappa shape index (κ1) is 19.4. The van der Waals surface area contributed by atoms with Gasteiger partial charge in [-0.05, 0) is 40.3 Å². The van der Waals surface area contributed by atoms with Crippen LogP contribution < -0.4 is 5.32 Å². The first-order chi connectivity index (χ1) is 14.4. The Hall–Kier alpha value is -3.88. The highest BCUT2D eigenvalue weighted by Crippen LogP contribution is 2.25. The molecule has 0 atom stereocenters. The van der Waals surface area contributed by atoms with Gasteiger partial charge in [-0.2, -0.15) is 9.78 Å². The average Bonchev–Trinajstić information content (AvgIpc) is 3.39. The average molecular weight is 402 g/mol. The predicted molar refractivity (Wildman–Crippen MR) is 112 cm³/mol. The molecule has 0 fully saturated rings. The van der Waals surface area contributed by atoms with Crippen LogP contribution in [0.25, 0.3) is 11.5 Å². The van der Waals surface area contributed by atoms with Crippen LogP contribution in [0.5, 0.6) is 0 Å². The zero-order valence-corrected chi connectivity index (χ0v) is 17.0. The largest absolute Gasteiger partial charge is 0.310 e. The second-order valence-electron chi connectivity index (χ2n) is 7.91. The molecular formula is C21H22N8O. The number of carbonyl (C=O) groups is 1. The Morgan fingerprint density at radius 1 is 1.10 bits per heavy atom. The predicted octanol–water partition coefficient (Wildman–Crippen LogP) is 2.72. The van der Waals surface area contributed by atoms with Crippen molar-refractivity contribution in [2.45, 2.75) is 32.6 Å². The number of anilines is 1. The van der Waals surface area contributed by atoms with Crippen molar-refractivity contribution in [2.24, 2.45) is 0 Å². The molecule has 3 aromatic heterocycles. The molecule has 9 nitrogen and oxygen atoms in total. The summed E-state index contributed by atoms with van der Waals surface area (Å²) in [6.07, 6.45) is 3.45. The molecule has 0 radical (unpaired) electrons. The lowest BCUT2D eigenvalue weighted by Gasteiger charge is -2.13. The number of hydrogen-bond acceptors (Lipinski definition) is 6. The highest BCUT2D eigenvalue weighted by atomic mass is 16.1. The quantitative estimate of drug-likeness (QED) is 0.550. The van der Waals surface area contributed by atoms with Crippen LogP contribution in [0.2, 0.25) is 0 Å². The summed E-state index contributed by atoms with van der Waals surface area (Å²) >= 11 is 0. The summed E-state index contributed by atoms with van der Waals surface area (Å²) in [6.45, 7) is 6.24. The number of rotatable bonds is 5. The Kier molecular flexibility index (Phi) is 5.09. The van der Waals surface area contributed by atoms with Gasteiger partial charge >= 0.3 is 0 Å². The van der Waals surface area contributed by atoms with Crippen molar-refractivity contribution >= 4 is 11.7 Å². The maximum atomic E-state index is 12.7. The molecule has 0 unspecified atom stereocenters. The number of hydrogen-bond donors (Lipinski definition) is 1. The number of aromatic nitrogens is 7.